The fourth-order valence-corrected chi connectivity index (χ4v) is 4.57. The molecule has 0 saturated carbocycles. The smallest absolute Gasteiger partial charge is 0.257 e. The molecule has 0 radical (unpaired) electrons. The molecule has 0 aromatic heterocycles. The monoisotopic (exact) mass is 465 g/mol. The zero-order valence-corrected chi connectivity index (χ0v) is 19.8. The Morgan fingerprint density at radius 3 is 2.09 bits per heavy atom. The van der Waals surface area contributed by atoms with Crippen molar-refractivity contribution in [3.05, 3.63) is 89.5 Å². The van der Waals surface area contributed by atoms with E-state index >= 15 is 0 Å². The van der Waals surface area contributed by atoms with Crippen LogP contribution in [0.15, 0.2) is 77.7 Å². The summed E-state index contributed by atoms with van der Waals surface area (Å²) in [6.07, 6.45) is 0. The largest absolute Gasteiger partial charge is 0.322 e. The molecule has 0 aliphatic rings. The Hall–Kier alpha value is -3.49. The van der Waals surface area contributed by atoms with Crippen LogP contribution < -0.4 is 15.4 Å². The van der Waals surface area contributed by atoms with E-state index in [0.717, 1.165) is 5.56 Å². The summed E-state index contributed by atoms with van der Waals surface area (Å²) in [5, 5.41) is 5.57. The van der Waals surface area contributed by atoms with Crippen molar-refractivity contribution in [3.8, 4) is 0 Å². The van der Waals surface area contributed by atoms with Gasteiger partial charge in [-0.3, -0.25) is 9.59 Å². The lowest BCUT2D eigenvalue weighted by Crippen LogP contribution is -2.40. The maximum Gasteiger partial charge on any atom is 0.257 e. The summed E-state index contributed by atoms with van der Waals surface area (Å²) in [5.41, 5.74) is 1.95. The summed E-state index contributed by atoms with van der Waals surface area (Å²) in [5.74, 6) is -0.815. The summed E-state index contributed by atoms with van der Waals surface area (Å²) in [6.45, 7) is 7.18. The van der Waals surface area contributed by atoms with Gasteiger partial charge in [-0.2, -0.15) is 0 Å². The van der Waals surface area contributed by atoms with Crippen LogP contribution in [0, 0.1) is 6.92 Å². The van der Waals surface area contributed by atoms with E-state index < -0.39 is 21.5 Å². The van der Waals surface area contributed by atoms with Gasteiger partial charge in [0.25, 0.3) is 11.8 Å². The van der Waals surface area contributed by atoms with Gasteiger partial charge in [0.15, 0.2) is 0 Å². The van der Waals surface area contributed by atoms with E-state index in [2.05, 4.69) is 15.4 Å². The normalized spacial score (nSPS) is 11.6. The van der Waals surface area contributed by atoms with Gasteiger partial charge in [-0.05, 0) is 81.8 Å². The van der Waals surface area contributed by atoms with E-state index in [4.69, 9.17) is 0 Å². The third kappa shape index (κ3) is 6.50. The van der Waals surface area contributed by atoms with Crippen LogP contribution in [0.3, 0.4) is 0 Å². The van der Waals surface area contributed by atoms with Crippen molar-refractivity contribution in [2.75, 3.05) is 10.6 Å². The van der Waals surface area contributed by atoms with Crippen molar-refractivity contribution in [1.29, 1.82) is 0 Å². The van der Waals surface area contributed by atoms with Crippen LogP contribution in [0.25, 0.3) is 0 Å². The van der Waals surface area contributed by atoms with Gasteiger partial charge in [0.2, 0.25) is 10.0 Å². The highest BCUT2D eigenvalue weighted by molar-refractivity contribution is 7.89. The quantitative estimate of drug-likeness (QED) is 0.496. The first-order chi connectivity index (χ1) is 15.4. The Bertz CT molecular complexity index is 1280. The van der Waals surface area contributed by atoms with Crippen LogP contribution >= 0.6 is 0 Å². The number of amides is 2. The number of hydrogen-bond acceptors (Lipinski definition) is 4. The molecule has 0 spiro atoms. The van der Waals surface area contributed by atoms with E-state index in [9.17, 15) is 18.0 Å². The van der Waals surface area contributed by atoms with Gasteiger partial charge in [0, 0.05) is 16.8 Å². The molecule has 33 heavy (non-hydrogen) atoms. The van der Waals surface area contributed by atoms with E-state index in [0.29, 0.717) is 16.9 Å². The van der Waals surface area contributed by atoms with Crippen LogP contribution in [-0.4, -0.2) is 25.8 Å². The highest BCUT2D eigenvalue weighted by Gasteiger charge is 2.22. The van der Waals surface area contributed by atoms with E-state index in [-0.39, 0.29) is 16.4 Å². The molecule has 3 rings (SSSR count). The molecule has 172 valence electrons. The fourth-order valence-electron chi connectivity index (χ4n) is 3.15. The molecule has 0 heterocycles. The second-order valence-corrected chi connectivity index (χ2v) is 10.4. The second-order valence-electron chi connectivity index (χ2n) is 8.70. The molecule has 3 aromatic carbocycles. The van der Waals surface area contributed by atoms with Gasteiger partial charge >= 0.3 is 0 Å². The van der Waals surface area contributed by atoms with Crippen molar-refractivity contribution in [3.63, 3.8) is 0 Å². The van der Waals surface area contributed by atoms with Gasteiger partial charge < -0.3 is 10.6 Å². The third-order valence-electron chi connectivity index (χ3n) is 4.56. The lowest BCUT2D eigenvalue weighted by molar-refractivity contribution is 0.102. The molecular weight excluding hydrogens is 438 g/mol. The Kier molecular flexibility index (Phi) is 7.00. The Balaban J connectivity index is 1.76. The summed E-state index contributed by atoms with van der Waals surface area (Å²) in [7, 11) is -3.70. The number of rotatable bonds is 6. The number of para-hydroxylation sites is 1. The molecule has 0 aliphatic carbocycles. The maximum absolute atomic E-state index is 12.8. The van der Waals surface area contributed by atoms with E-state index in [1.807, 2.05) is 25.1 Å². The number of carbonyl (C=O) groups is 2. The minimum atomic E-state index is -3.70. The summed E-state index contributed by atoms with van der Waals surface area (Å²) < 4.78 is 27.5. The summed E-state index contributed by atoms with van der Waals surface area (Å²) in [4.78, 5) is 25.6. The van der Waals surface area contributed by atoms with E-state index in [1.54, 1.807) is 51.1 Å². The average molecular weight is 466 g/mol. The van der Waals surface area contributed by atoms with Crippen LogP contribution in [0.2, 0.25) is 0 Å². The minimum Gasteiger partial charge on any atom is -0.322 e. The zero-order chi connectivity index (χ0) is 24.2. The zero-order valence-electron chi connectivity index (χ0n) is 19.0. The van der Waals surface area contributed by atoms with Gasteiger partial charge in [-0.15, -0.1) is 0 Å². The Morgan fingerprint density at radius 2 is 1.45 bits per heavy atom. The van der Waals surface area contributed by atoms with Gasteiger partial charge in [0.05, 0.1) is 16.1 Å². The van der Waals surface area contributed by atoms with Gasteiger partial charge in [0.1, 0.15) is 0 Å². The topological polar surface area (TPSA) is 104 Å². The average Bonchev–Trinajstić information content (AvgIpc) is 2.72. The summed E-state index contributed by atoms with van der Waals surface area (Å²) >= 11 is 0. The van der Waals surface area contributed by atoms with Gasteiger partial charge in [-0.25, -0.2) is 13.1 Å². The Morgan fingerprint density at radius 1 is 0.788 bits per heavy atom. The molecule has 8 heteroatoms. The van der Waals surface area contributed by atoms with Crippen molar-refractivity contribution in [1.82, 2.24) is 4.72 Å². The minimum absolute atomic E-state index is 0.0620. The highest BCUT2D eigenvalue weighted by atomic mass is 32.2. The van der Waals surface area contributed by atoms with Gasteiger partial charge in [-0.1, -0.05) is 24.3 Å². The number of aryl methyl sites for hydroxylation is 1. The lowest BCUT2D eigenvalue weighted by atomic mass is 10.1. The summed E-state index contributed by atoms with van der Waals surface area (Å²) in [6, 6.07) is 19.7. The predicted octanol–water partition coefficient (Wildman–Crippen LogP) is 4.58. The Labute approximate surface area is 194 Å². The van der Waals surface area contributed by atoms with Crippen molar-refractivity contribution in [2.24, 2.45) is 0 Å². The number of hydrogen-bond donors (Lipinski definition) is 3. The molecule has 0 unspecified atom stereocenters. The molecule has 3 aromatic rings. The molecule has 3 N–H and O–H groups in total. The number of carbonyl (C=O) groups excluding carboxylic acids is 2. The van der Waals surface area contributed by atoms with Crippen LogP contribution in [0.4, 0.5) is 11.4 Å². The first-order valence-electron chi connectivity index (χ1n) is 10.4. The SMILES string of the molecule is Cc1cccc(NC(=O)c2ccccc2NC(=O)c2ccc(S(=O)(=O)NC(C)(C)C)cc2)c1. The maximum atomic E-state index is 12.8. The molecule has 0 aliphatic heterocycles. The lowest BCUT2D eigenvalue weighted by Gasteiger charge is -2.20. The predicted molar refractivity (Wildman–Crippen MR) is 130 cm³/mol. The standard InChI is InChI=1S/C25H27N3O4S/c1-17-8-7-9-19(16-17)26-24(30)21-10-5-6-11-22(21)27-23(29)18-12-14-20(15-13-18)33(31,32)28-25(2,3)4/h5-16,28H,1-4H3,(H,26,30)(H,27,29). The second kappa shape index (κ2) is 9.56. The van der Waals surface area contributed by atoms with Crippen molar-refractivity contribution >= 4 is 33.2 Å². The molecule has 0 atom stereocenters. The third-order valence-corrected chi connectivity index (χ3v) is 6.34. The van der Waals surface area contributed by atoms with Crippen LogP contribution in [-0.2, 0) is 10.0 Å². The molecule has 0 bridgehead atoms. The molecule has 2 amide bonds. The van der Waals surface area contributed by atoms with Crippen LogP contribution in [0.5, 0.6) is 0 Å². The molecule has 0 saturated heterocycles. The first kappa shape index (κ1) is 24.2. The molecular formula is C25H27N3O4S. The molecule has 0 fully saturated rings. The fraction of sp³-hybridized carbons (Fsp3) is 0.200. The number of sulfonamides is 1. The van der Waals surface area contributed by atoms with Crippen molar-refractivity contribution in [2.45, 2.75) is 38.1 Å². The number of nitrogens with one attached hydrogen (secondary N) is 3. The van der Waals surface area contributed by atoms with Crippen molar-refractivity contribution < 1.29 is 18.0 Å². The highest BCUT2D eigenvalue weighted by Crippen LogP contribution is 2.20. The molecule has 7 nitrogen and oxygen atoms in total. The van der Waals surface area contributed by atoms with Crippen LogP contribution in [0.1, 0.15) is 47.1 Å². The number of anilines is 2. The van der Waals surface area contributed by atoms with E-state index in [1.165, 1.54) is 24.3 Å². The first-order valence-corrected chi connectivity index (χ1v) is 11.9. The number of benzene rings is 3.